The third kappa shape index (κ3) is 6.76. The molecule has 1 aliphatic heterocycles. The van der Waals surface area contributed by atoms with Gasteiger partial charge in [-0.1, -0.05) is 20.8 Å². The number of nitrogens with zero attached hydrogens (tertiary/aromatic N) is 5. The van der Waals surface area contributed by atoms with Crippen molar-refractivity contribution in [1.29, 1.82) is 0 Å². The molecule has 11 nitrogen and oxygen atoms in total. The third-order valence-electron chi connectivity index (χ3n) is 6.97. The number of nitrogens with two attached hydrogens (primary N) is 2. The summed E-state index contributed by atoms with van der Waals surface area (Å²) in [6.45, 7) is 11.7. The van der Waals surface area contributed by atoms with Gasteiger partial charge in [-0.2, -0.15) is 11.0 Å². The van der Waals surface area contributed by atoms with Crippen molar-refractivity contribution in [1.82, 2.24) is 24.6 Å². The molecule has 1 saturated heterocycles. The molecule has 1 aliphatic rings. The fourth-order valence-electron chi connectivity index (χ4n) is 4.70. The molecule has 0 spiro atoms. The van der Waals surface area contributed by atoms with E-state index in [2.05, 4.69) is 41.0 Å². The van der Waals surface area contributed by atoms with Crippen molar-refractivity contribution >= 4 is 22.5 Å². The number of benzene rings is 2. The van der Waals surface area contributed by atoms with E-state index in [1.165, 1.54) is 6.33 Å². The Bertz CT molecular complexity index is 1470. The molecular weight excluding hydrogens is 520 g/mol. The largest absolute Gasteiger partial charge is 0.492 e. The summed E-state index contributed by atoms with van der Waals surface area (Å²) in [7, 11) is 0. The highest BCUT2D eigenvalue weighted by atomic mass is 16.6. The predicted octanol–water partition coefficient (Wildman–Crippen LogP) is 4.01. The summed E-state index contributed by atoms with van der Waals surface area (Å²) in [5.74, 6) is 7.35. The minimum Gasteiger partial charge on any atom is -0.492 e. The zero-order valence-corrected chi connectivity index (χ0v) is 23.8. The molecule has 5 rings (SSSR count). The van der Waals surface area contributed by atoms with Gasteiger partial charge in [0.2, 0.25) is 0 Å². The van der Waals surface area contributed by atoms with Crippen LogP contribution in [0.4, 0.5) is 11.5 Å². The number of fused-ring (bicyclic) bond motifs is 1. The molecule has 0 bridgehead atoms. The van der Waals surface area contributed by atoms with Crippen molar-refractivity contribution in [3.63, 3.8) is 0 Å². The Labute approximate surface area is 240 Å². The van der Waals surface area contributed by atoms with Crippen molar-refractivity contribution in [3.05, 3.63) is 66.7 Å². The van der Waals surface area contributed by atoms with Crippen LogP contribution in [-0.4, -0.2) is 70.6 Å². The van der Waals surface area contributed by atoms with Crippen LogP contribution < -0.4 is 21.7 Å². The second-order valence-corrected chi connectivity index (χ2v) is 10.9. The Morgan fingerprint density at radius 2 is 1.78 bits per heavy atom. The summed E-state index contributed by atoms with van der Waals surface area (Å²) in [5, 5.41) is 8.99. The van der Waals surface area contributed by atoms with Gasteiger partial charge in [0, 0.05) is 42.8 Å². The van der Waals surface area contributed by atoms with Gasteiger partial charge in [-0.05, 0) is 54.6 Å². The molecule has 41 heavy (non-hydrogen) atoms. The maximum Gasteiger partial charge on any atom is 0.169 e. The number of hydrogen-bond donors (Lipinski definition) is 3. The summed E-state index contributed by atoms with van der Waals surface area (Å²) >= 11 is 0. The number of morpholine rings is 1. The number of anilines is 2. The molecule has 3 heterocycles. The molecule has 0 atom stereocenters. The minimum atomic E-state index is -0.167. The molecule has 0 unspecified atom stereocenters. The van der Waals surface area contributed by atoms with Crippen LogP contribution in [0.25, 0.3) is 28.0 Å². The molecule has 2 aromatic carbocycles. The van der Waals surface area contributed by atoms with Crippen LogP contribution in [0.3, 0.4) is 0 Å². The Morgan fingerprint density at radius 3 is 2.46 bits per heavy atom. The highest BCUT2D eigenvalue weighted by Crippen LogP contribution is 2.33. The smallest absolute Gasteiger partial charge is 0.169 e. The van der Waals surface area contributed by atoms with Crippen molar-refractivity contribution in [2.75, 3.05) is 57.1 Å². The first-order valence-electron chi connectivity index (χ1n) is 13.8. The number of allylic oxidation sites excluding steroid dienone is 1. The van der Waals surface area contributed by atoms with Crippen molar-refractivity contribution in [3.8, 4) is 22.7 Å². The van der Waals surface area contributed by atoms with Gasteiger partial charge in [0.15, 0.2) is 5.65 Å². The molecule has 0 radical (unpaired) electrons. The average molecular weight is 559 g/mol. The van der Waals surface area contributed by atoms with Gasteiger partial charge in [0.05, 0.1) is 24.3 Å². The molecule has 2 aromatic heterocycles. The SMILES string of the molecule is CC(C)(C)/C(=C/CNc1ccc(-n2nc(-c3ccc(OCCN4CCOCC4)cc3)c3c(N)ncnc32)cc1)ON. The van der Waals surface area contributed by atoms with E-state index in [0.717, 1.165) is 61.3 Å². The molecule has 0 amide bonds. The molecule has 11 heteroatoms. The fraction of sp³-hybridized carbons (Fsp3) is 0.367. The highest BCUT2D eigenvalue weighted by molar-refractivity contribution is 5.98. The lowest BCUT2D eigenvalue weighted by Crippen LogP contribution is -2.38. The standard InChI is InChI=1S/C30H38N8O3/c1-30(2,3)25(41-32)12-13-33-22-6-8-23(9-7-22)38-29-26(28(31)34-20-35-29)27(36-38)21-4-10-24(11-5-21)40-19-16-37-14-17-39-18-15-37/h4-12,20,33H,13-19,32H2,1-3H3,(H2,31,34,35)/b25-12-. The summed E-state index contributed by atoms with van der Waals surface area (Å²) < 4.78 is 13.2. The number of nitrogens with one attached hydrogen (secondary N) is 1. The van der Waals surface area contributed by atoms with Crippen LogP contribution in [0.1, 0.15) is 20.8 Å². The van der Waals surface area contributed by atoms with E-state index in [9.17, 15) is 0 Å². The predicted molar refractivity (Wildman–Crippen MR) is 161 cm³/mol. The molecule has 216 valence electrons. The lowest BCUT2D eigenvalue weighted by molar-refractivity contribution is 0.0322. The lowest BCUT2D eigenvalue weighted by Gasteiger charge is -2.26. The first kappa shape index (κ1) is 28.3. The minimum absolute atomic E-state index is 0.167. The summed E-state index contributed by atoms with van der Waals surface area (Å²) in [5.41, 5.74) is 10.2. The monoisotopic (exact) mass is 558 g/mol. The first-order valence-corrected chi connectivity index (χ1v) is 13.8. The van der Waals surface area contributed by atoms with Gasteiger partial charge in [-0.25, -0.2) is 14.6 Å². The first-order chi connectivity index (χ1) is 19.8. The van der Waals surface area contributed by atoms with Crippen molar-refractivity contribution < 1.29 is 14.3 Å². The summed E-state index contributed by atoms with van der Waals surface area (Å²) in [6.07, 6.45) is 3.40. The van der Waals surface area contributed by atoms with Gasteiger partial charge in [0.25, 0.3) is 0 Å². The van der Waals surface area contributed by atoms with E-state index in [1.54, 1.807) is 4.68 Å². The van der Waals surface area contributed by atoms with E-state index in [1.807, 2.05) is 54.6 Å². The Morgan fingerprint density at radius 1 is 1.05 bits per heavy atom. The van der Waals surface area contributed by atoms with E-state index in [0.29, 0.717) is 35.7 Å². The third-order valence-corrected chi connectivity index (χ3v) is 6.97. The van der Waals surface area contributed by atoms with Crippen LogP contribution >= 0.6 is 0 Å². The van der Waals surface area contributed by atoms with Gasteiger partial charge in [-0.15, -0.1) is 0 Å². The quantitative estimate of drug-likeness (QED) is 0.193. The van der Waals surface area contributed by atoms with Crippen molar-refractivity contribution in [2.45, 2.75) is 20.8 Å². The topological polar surface area (TPSA) is 139 Å². The number of ether oxygens (including phenoxy) is 2. The van der Waals surface area contributed by atoms with E-state index in [4.69, 9.17) is 31.0 Å². The summed E-state index contributed by atoms with van der Waals surface area (Å²) in [6, 6.07) is 15.8. The normalized spacial score (nSPS) is 14.8. The Kier molecular flexibility index (Phi) is 8.67. The number of hydrogen-bond acceptors (Lipinski definition) is 10. The maximum absolute atomic E-state index is 6.32. The Balaban J connectivity index is 1.32. The molecule has 5 N–H and O–H groups in total. The molecular formula is C30H38N8O3. The van der Waals surface area contributed by atoms with Gasteiger partial charge >= 0.3 is 0 Å². The van der Waals surface area contributed by atoms with Crippen LogP contribution in [0.2, 0.25) is 0 Å². The van der Waals surface area contributed by atoms with E-state index >= 15 is 0 Å². The molecule has 4 aromatic rings. The molecule has 0 aliphatic carbocycles. The van der Waals surface area contributed by atoms with Gasteiger partial charge in [-0.3, -0.25) is 4.90 Å². The number of aromatic nitrogens is 4. The van der Waals surface area contributed by atoms with Crippen LogP contribution in [0, 0.1) is 5.41 Å². The maximum atomic E-state index is 6.32. The zero-order chi connectivity index (χ0) is 28.8. The van der Waals surface area contributed by atoms with Crippen LogP contribution in [0.15, 0.2) is 66.7 Å². The zero-order valence-electron chi connectivity index (χ0n) is 23.8. The number of nitrogen functional groups attached to an aromatic ring is 1. The average Bonchev–Trinajstić information content (AvgIpc) is 3.37. The van der Waals surface area contributed by atoms with Crippen LogP contribution in [0.5, 0.6) is 5.75 Å². The molecule has 0 saturated carbocycles. The van der Waals surface area contributed by atoms with E-state index in [-0.39, 0.29) is 5.41 Å². The van der Waals surface area contributed by atoms with E-state index < -0.39 is 0 Å². The highest BCUT2D eigenvalue weighted by Gasteiger charge is 2.19. The van der Waals surface area contributed by atoms with Crippen molar-refractivity contribution in [2.24, 2.45) is 11.3 Å². The van der Waals surface area contributed by atoms with Gasteiger partial charge in [0.1, 0.15) is 36.0 Å². The van der Waals surface area contributed by atoms with Gasteiger partial charge < -0.3 is 25.4 Å². The number of rotatable bonds is 10. The second-order valence-electron chi connectivity index (χ2n) is 10.9. The van der Waals surface area contributed by atoms with Crippen LogP contribution in [-0.2, 0) is 9.57 Å². The second kappa shape index (κ2) is 12.5. The summed E-state index contributed by atoms with van der Waals surface area (Å²) in [4.78, 5) is 16.1. The fourth-order valence-corrected chi connectivity index (χ4v) is 4.70. The Hall–Kier alpha value is -4.19. The molecule has 1 fully saturated rings. The lowest BCUT2D eigenvalue weighted by atomic mass is 9.93.